The van der Waals surface area contributed by atoms with Gasteiger partial charge in [-0.3, -0.25) is 9.11 Å². The quantitative estimate of drug-likeness (QED) is 0.304. The summed E-state index contributed by atoms with van der Waals surface area (Å²) in [5, 5.41) is 19.0. The molecule has 22 heavy (non-hydrogen) atoms. The Bertz CT molecular complexity index is 932. The van der Waals surface area contributed by atoms with E-state index in [2.05, 4.69) is 0 Å². The van der Waals surface area contributed by atoms with Crippen molar-refractivity contribution in [2.75, 3.05) is 0 Å². The summed E-state index contributed by atoms with van der Waals surface area (Å²) >= 11 is 0. The van der Waals surface area contributed by atoms with Crippen LogP contribution in [0.1, 0.15) is 2.85 Å². The molecule has 0 aliphatic rings. The molecule has 4 N–H and O–H groups in total. The smallest absolute Gasteiger partial charge is 1.00 e. The zero-order chi connectivity index (χ0) is 15.3. The molecule has 2 aromatic carbocycles. The Hall–Kier alpha value is 0.120. The normalized spacial score (nSPS) is 11.5. The third-order valence-electron chi connectivity index (χ3n) is 2.58. The van der Waals surface area contributed by atoms with Crippen molar-refractivity contribution < 1.29 is 98.1 Å². The minimum absolute atomic E-state index is 0. The van der Waals surface area contributed by atoms with Crippen molar-refractivity contribution in [3.05, 3.63) is 24.3 Å². The van der Waals surface area contributed by atoms with Crippen molar-refractivity contribution in [3.63, 3.8) is 0 Å². The number of benzene rings is 2. The molecular weight excluding hydrogens is 358 g/mol. The first-order valence-corrected chi connectivity index (χ1v) is 7.83. The molecule has 112 valence electrons. The molecule has 0 saturated heterocycles. The van der Waals surface area contributed by atoms with E-state index in [1.165, 1.54) is 0 Å². The number of hydrogen-bond acceptors (Lipinski definition) is 6. The van der Waals surface area contributed by atoms with Gasteiger partial charge in [0.25, 0.3) is 20.2 Å². The molecule has 0 aromatic heterocycles. The van der Waals surface area contributed by atoms with Crippen molar-refractivity contribution >= 4 is 31.0 Å². The number of hydrogen-bond donors (Lipinski definition) is 4. The van der Waals surface area contributed by atoms with Gasteiger partial charge >= 0.3 is 59.1 Å². The van der Waals surface area contributed by atoms with Gasteiger partial charge in [0.15, 0.2) is 0 Å². The molecule has 0 aliphatic heterocycles. The van der Waals surface area contributed by atoms with Gasteiger partial charge in [-0.05, 0) is 17.5 Å². The average molecular weight is 368 g/mol. The second kappa shape index (κ2) is 7.34. The van der Waals surface area contributed by atoms with Gasteiger partial charge in [0.05, 0.1) is 10.3 Å². The fraction of sp³-hybridized carbons (Fsp3) is 0. The molecule has 0 amide bonds. The van der Waals surface area contributed by atoms with Crippen LogP contribution in [0, 0.1) is 0 Å². The van der Waals surface area contributed by atoms with E-state index in [9.17, 15) is 27.0 Å². The van der Waals surface area contributed by atoms with Gasteiger partial charge in [0, 0.05) is 6.07 Å². The first kappa shape index (κ1) is 22.1. The van der Waals surface area contributed by atoms with Gasteiger partial charge in [0.2, 0.25) is 0 Å². The maximum Gasteiger partial charge on any atom is 1.00 e. The number of rotatable bonds is 2. The van der Waals surface area contributed by atoms with Crippen LogP contribution in [0.2, 0.25) is 0 Å². The second-order valence-electron chi connectivity index (χ2n) is 3.90. The number of phenolic OH excluding ortho intramolecular Hbond substituents is 2. The fourth-order valence-electron chi connectivity index (χ4n) is 1.74. The Morgan fingerprint density at radius 3 is 1.86 bits per heavy atom. The standard InChI is InChI=1S/C10H8O8S2.2Na.2H/c11-7-4-6(19(13,14)15)3-5-1-2-8(20(16,17)18)10(12)9(5)7;;;;/h1-4,11-12H,(H,13,14,15)(H,16,17,18);;;;/q;2*+1;2*-1. The molecule has 2 aromatic rings. The van der Waals surface area contributed by atoms with Crippen LogP contribution >= 0.6 is 0 Å². The van der Waals surface area contributed by atoms with Gasteiger partial charge in [-0.2, -0.15) is 16.8 Å². The summed E-state index contributed by atoms with van der Waals surface area (Å²) < 4.78 is 61.8. The van der Waals surface area contributed by atoms with E-state index < -0.39 is 41.5 Å². The largest absolute Gasteiger partial charge is 1.00 e. The molecule has 0 aliphatic carbocycles. The Morgan fingerprint density at radius 2 is 1.41 bits per heavy atom. The van der Waals surface area contributed by atoms with E-state index in [-0.39, 0.29) is 72.7 Å². The molecule has 8 nitrogen and oxygen atoms in total. The zero-order valence-electron chi connectivity index (χ0n) is 13.5. The molecule has 12 heteroatoms. The van der Waals surface area contributed by atoms with Crippen LogP contribution in [0.4, 0.5) is 0 Å². The molecular formula is C10H10Na2O8S2. The third-order valence-corrected chi connectivity index (χ3v) is 4.30. The van der Waals surface area contributed by atoms with Crippen LogP contribution in [0.3, 0.4) is 0 Å². The van der Waals surface area contributed by atoms with Crippen LogP contribution < -0.4 is 59.1 Å². The van der Waals surface area contributed by atoms with Crippen molar-refractivity contribution in [3.8, 4) is 11.5 Å². The van der Waals surface area contributed by atoms with Crippen molar-refractivity contribution in [2.24, 2.45) is 0 Å². The summed E-state index contributed by atoms with van der Waals surface area (Å²) in [5.74, 6) is -1.69. The van der Waals surface area contributed by atoms with E-state index in [1.807, 2.05) is 0 Å². The first-order chi connectivity index (χ1) is 9.01. The molecule has 0 fully saturated rings. The van der Waals surface area contributed by atoms with Crippen LogP contribution in [-0.4, -0.2) is 36.2 Å². The number of aromatic hydroxyl groups is 2. The second-order valence-corrected chi connectivity index (χ2v) is 6.71. The molecule has 0 saturated carbocycles. The summed E-state index contributed by atoms with van der Waals surface area (Å²) in [4.78, 5) is -1.46. The van der Waals surface area contributed by atoms with E-state index in [0.717, 1.165) is 18.2 Å². The zero-order valence-corrected chi connectivity index (χ0v) is 17.2. The topological polar surface area (TPSA) is 149 Å². The molecule has 0 spiro atoms. The van der Waals surface area contributed by atoms with Gasteiger partial charge in [-0.25, -0.2) is 0 Å². The van der Waals surface area contributed by atoms with Crippen LogP contribution in [0.5, 0.6) is 11.5 Å². The van der Waals surface area contributed by atoms with E-state index >= 15 is 0 Å². The summed E-state index contributed by atoms with van der Waals surface area (Å²) in [6, 6.07) is 3.47. The maximum atomic E-state index is 11.0. The predicted octanol–water partition coefficient (Wildman–Crippen LogP) is -5.02. The molecule has 0 radical (unpaired) electrons. The van der Waals surface area contributed by atoms with Gasteiger partial charge in [-0.15, -0.1) is 0 Å². The minimum Gasteiger partial charge on any atom is -1.00 e. The van der Waals surface area contributed by atoms with Crippen molar-refractivity contribution in [1.82, 2.24) is 0 Å². The van der Waals surface area contributed by atoms with Crippen molar-refractivity contribution in [2.45, 2.75) is 9.79 Å². The summed E-state index contributed by atoms with van der Waals surface area (Å²) in [5.41, 5.74) is 0. The Morgan fingerprint density at radius 1 is 0.864 bits per heavy atom. The third kappa shape index (κ3) is 4.35. The Kier molecular flexibility index (Phi) is 7.38. The van der Waals surface area contributed by atoms with Crippen molar-refractivity contribution in [1.29, 1.82) is 0 Å². The first-order valence-electron chi connectivity index (χ1n) is 4.95. The summed E-state index contributed by atoms with van der Waals surface area (Å²) in [6.07, 6.45) is 0. The van der Waals surface area contributed by atoms with Crippen LogP contribution in [-0.2, 0) is 20.2 Å². The van der Waals surface area contributed by atoms with E-state index in [4.69, 9.17) is 9.11 Å². The average Bonchev–Trinajstić information content (AvgIpc) is 2.25. The molecule has 0 heterocycles. The van der Waals surface area contributed by atoms with E-state index in [1.54, 1.807) is 0 Å². The SMILES string of the molecule is O=S(=O)(O)c1cc(O)c2c(O)c(S(=O)(=O)O)ccc2c1.[H-].[H-].[Na+].[Na+]. The molecule has 0 unspecified atom stereocenters. The van der Waals surface area contributed by atoms with Crippen LogP contribution in [0.15, 0.2) is 34.1 Å². The summed E-state index contributed by atoms with van der Waals surface area (Å²) in [6.45, 7) is 0. The number of phenols is 2. The van der Waals surface area contributed by atoms with Gasteiger partial charge in [-0.1, -0.05) is 6.07 Å². The van der Waals surface area contributed by atoms with Gasteiger partial charge in [0.1, 0.15) is 16.4 Å². The predicted molar refractivity (Wildman–Crippen MR) is 69.1 cm³/mol. The Labute approximate surface area is 173 Å². The van der Waals surface area contributed by atoms with Gasteiger partial charge < -0.3 is 13.1 Å². The molecule has 2 rings (SSSR count). The van der Waals surface area contributed by atoms with E-state index in [0.29, 0.717) is 6.07 Å². The van der Waals surface area contributed by atoms with Crippen LogP contribution in [0.25, 0.3) is 10.8 Å². The fourth-order valence-corrected chi connectivity index (χ4v) is 2.86. The molecule has 0 bridgehead atoms. The Balaban J connectivity index is -0.00000110. The minimum atomic E-state index is -4.71. The number of fused-ring (bicyclic) bond motifs is 1. The monoisotopic (exact) mass is 368 g/mol. The maximum absolute atomic E-state index is 11.0. The molecule has 0 atom stereocenters. The summed E-state index contributed by atoms with van der Waals surface area (Å²) in [7, 11) is -9.29.